The molecule has 0 fully saturated rings. The Morgan fingerprint density at radius 1 is 1.32 bits per heavy atom. The molecule has 0 atom stereocenters. The number of H-pyrrole nitrogens is 1. The molecule has 2 aromatic carbocycles. The van der Waals surface area contributed by atoms with Gasteiger partial charge in [0.2, 0.25) is 0 Å². The lowest BCUT2D eigenvalue weighted by Crippen LogP contribution is -2.04. The highest BCUT2D eigenvalue weighted by Gasteiger charge is 2.10. The van der Waals surface area contributed by atoms with Crippen molar-refractivity contribution >= 4 is 39.6 Å². The fraction of sp³-hybridized carbons (Fsp3) is 0.0588. The maximum absolute atomic E-state index is 11.9. The fourth-order valence-electron chi connectivity index (χ4n) is 2.13. The molecule has 0 aliphatic rings. The molecule has 0 aliphatic carbocycles. The van der Waals surface area contributed by atoms with Gasteiger partial charge in [0.25, 0.3) is 0 Å². The average molecular weight is 404 g/mol. The summed E-state index contributed by atoms with van der Waals surface area (Å²) in [5.74, 6) is 0.414. The zero-order valence-electron chi connectivity index (χ0n) is 11.7. The van der Waals surface area contributed by atoms with Crippen LogP contribution in [0.4, 0.5) is 0 Å². The highest BCUT2D eigenvalue weighted by molar-refractivity contribution is 14.1. The maximum atomic E-state index is 11.9. The molecule has 4 nitrogen and oxygen atoms in total. The second kappa shape index (κ2) is 6.31. The first-order valence-corrected chi connectivity index (χ1v) is 7.79. The van der Waals surface area contributed by atoms with E-state index in [2.05, 4.69) is 45.2 Å². The number of hydrogen-bond donors (Lipinski definition) is 1. The summed E-state index contributed by atoms with van der Waals surface area (Å²) in [6.07, 6.45) is 1.54. The molecular weight excluding hydrogens is 391 g/mol. The van der Waals surface area contributed by atoms with Crippen molar-refractivity contribution in [2.24, 2.45) is 0 Å². The van der Waals surface area contributed by atoms with Gasteiger partial charge in [0.15, 0.2) is 0 Å². The molecule has 1 heterocycles. The third-order valence-corrected chi connectivity index (χ3v) is 3.82. The lowest BCUT2D eigenvalue weighted by Gasteiger charge is -2.01. The predicted octanol–water partition coefficient (Wildman–Crippen LogP) is 4.18. The summed E-state index contributed by atoms with van der Waals surface area (Å²) >= 11 is 2.27. The molecule has 5 heteroatoms. The quantitative estimate of drug-likeness (QED) is 0.403. The average Bonchev–Trinajstić information content (AvgIpc) is 2.95. The number of nitrogens with one attached hydrogen (secondary N) is 1. The Balaban J connectivity index is 1.96. The van der Waals surface area contributed by atoms with Crippen molar-refractivity contribution in [1.29, 1.82) is 0 Å². The SMILES string of the molecule is C=CCOC(=O)c1ccc2nc(-c3cccc(I)c3)[nH]c2c1. The van der Waals surface area contributed by atoms with E-state index in [4.69, 9.17) is 4.74 Å². The van der Waals surface area contributed by atoms with E-state index in [-0.39, 0.29) is 12.6 Å². The Kier molecular flexibility index (Phi) is 4.24. The van der Waals surface area contributed by atoms with Gasteiger partial charge in [-0.2, -0.15) is 0 Å². The lowest BCUT2D eigenvalue weighted by molar-refractivity contribution is 0.0550. The second-order valence-corrected chi connectivity index (χ2v) is 5.96. The molecule has 0 unspecified atom stereocenters. The summed E-state index contributed by atoms with van der Waals surface area (Å²) < 4.78 is 6.18. The van der Waals surface area contributed by atoms with Gasteiger partial charge in [-0.25, -0.2) is 9.78 Å². The van der Waals surface area contributed by atoms with E-state index in [0.717, 1.165) is 26.0 Å². The number of rotatable bonds is 4. The van der Waals surface area contributed by atoms with Gasteiger partial charge >= 0.3 is 5.97 Å². The summed E-state index contributed by atoms with van der Waals surface area (Å²) in [4.78, 5) is 19.7. The van der Waals surface area contributed by atoms with Crippen LogP contribution in [0.2, 0.25) is 0 Å². The highest BCUT2D eigenvalue weighted by atomic mass is 127. The Morgan fingerprint density at radius 2 is 2.18 bits per heavy atom. The molecule has 0 aliphatic heterocycles. The third kappa shape index (κ3) is 3.04. The molecular formula is C17H13IN2O2. The smallest absolute Gasteiger partial charge is 0.338 e. The monoisotopic (exact) mass is 404 g/mol. The van der Waals surface area contributed by atoms with Crippen molar-refractivity contribution in [2.45, 2.75) is 0 Å². The second-order valence-electron chi connectivity index (χ2n) is 4.71. The number of nitrogens with zero attached hydrogens (tertiary/aromatic N) is 1. The Bertz CT molecular complexity index is 855. The Labute approximate surface area is 141 Å². The van der Waals surface area contributed by atoms with Crippen LogP contribution in [0.1, 0.15) is 10.4 Å². The highest BCUT2D eigenvalue weighted by Crippen LogP contribution is 2.23. The molecule has 1 aromatic heterocycles. The van der Waals surface area contributed by atoms with Crippen LogP contribution in [0.5, 0.6) is 0 Å². The molecule has 0 bridgehead atoms. The largest absolute Gasteiger partial charge is 0.458 e. The number of halogens is 1. The number of hydrogen-bond acceptors (Lipinski definition) is 3. The standard InChI is InChI=1S/C17H13IN2O2/c1-2-8-22-17(21)12-6-7-14-15(10-12)20-16(19-14)11-4-3-5-13(18)9-11/h2-7,9-10H,1,8H2,(H,19,20). The van der Waals surface area contributed by atoms with Crippen LogP contribution in [0.3, 0.4) is 0 Å². The molecule has 3 aromatic rings. The van der Waals surface area contributed by atoms with Crippen molar-refractivity contribution in [2.75, 3.05) is 6.61 Å². The molecule has 0 saturated heterocycles. The first-order valence-electron chi connectivity index (χ1n) is 6.71. The maximum Gasteiger partial charge on any atom is 0.338 e. The molecule has 0 amide bonds. The van der Waals surface area contributed by atoms with E-state index in [1.807, 2.05) is 24.3 Å². The summed E-state index contributed by atoms with van der Waals surface area (Å²) in [7, 11) is 0. The van der Waals surface area contributed by atoms with Gasteiger partial charge in [0.1, 0.15) is 12.4 Å². The lowest BCUT2D eigenvalue weighted by atomic mass is 10.2. The predicted molar refractivity (Wildman–Crippen MR) is 94.7 cm³/mol. The van der Waals surface area contributed by atoms with Crippen molar-refractivity contribution in [3.63, 3.8) is 0 Å². The first-order chi connectivity index (χ1) is 10.7. The number of carbonyl (C=O) groups excluding carboxylic acids is 1. The van der Waals surface area contributed by atoms with Crippen LogP contribution < -0.4 is 0 Å². The van der Waals surface area contributed by atoms with Crippen LogP contribution in [-0.4, -0.2) is 22.5 Å². The van der Waals surface area contributed by atoms with E-state index in [0.29, 0.717) is 5.56 Å². The third-order valence-electron chi connectivity index (χ3n) is 3.15. The van der Waals surface area contributed by atoms with Crippen LogP contribution in [0.15, 0.2) is 55.1 Å². The van der Waals surface area contributed by atoms with Crippen LogP contribution in [0.25, 0.3) is 22.4 Å². The van der Waals surface area contributed by atoms with Crippen molar-refractivity contribution < 1.29 is 9.53 Å². The van der Waals surface area contributed by atoms with E-state index < -0.39 is 0 Å². The van der Waals surface area contributed by atoms with Gasteiger partial charge in [-0.15, -0.1) is 0 Å². The Hall–Kier alpha value is -2.15. The van der Waals surface area contributed by atoms with Gasteiger partial charge in [0.05, 0.1) is 16.6 Å². The summed E-state index contributed by atoms with van der Waals surface area (Å²) in [5.41, 5.74) is 3.13. The number of fused-ring (bicyclic) bond motifs is 1. The number of esters is 1. The minimum Gasteiger partial charge on any atom is -0.458 e. The van der Waals surface area contributed by atoms with Gasteiger partial charge < -0.3 is 9.72 Å². The van der Waals surface area contributed by atoms with Crippen LogP contribution in [0, 0.1) is 3.57 Å². The molecule has 110 valence electrons. The minimum absolute atomic E-state index is 0.202. The normalized spacial score (nSPS) is 10.6. The number of carbonyl (C=O) groups is 1. The Morgan fingerprint density at radius 3 is 2.95 bits per heavy atom. The first kappa shape index (κ1) is 14.8. The van der Waals surface area contributed by atoms with Gasteiger partial charge in [-0.1, -0.05) is 24.8 Å². The van der Waals surface area contributed by atoms with E-state index in [1.54, 1.807) is 18.2 Å². The molecule has 0 saturated carbocycles. The van der Waals surface area contributed by atoms with E-state index in [9.17, 15) is 4.79 Å². The summed E-state index contributed by atoms with van der Waals surface area (Å²) in [5, 5.41) is 0. The fourth-order valence-corrected chi connectivity index (χ4v) is 2.67. The summed E-state index contributed by atoms with van der Waals surface area (Å²) in [6.45, 7) is 3.73. The van der Waals surface area contributed by atoms with Gasteiger partial charge in [-0.3, -0.25) is 0 Å². The van der Waals surface area contributed by atoms with Crippen LogP contribution in [-0.2, 0) is 4.74 Å². The van der Waals surface area contributed by atoms with Crippen molar-refractivity contribution in [3.8, 4) is 11.4 Å². The molecule has 22 heavy (non-hydrogen) atoms. The molecule has 1 N–H and O–H groups in total. The number of aromatic nitrogens is 2. The van der Waals surface area contributed by atoms with E-state index in [1.165, 1.54) is 0 Å². The number of imidazole rings is 1. The zero-order chi connectivity index (χ0) is 15.5. The topological polar surface area (TPSA) is 55.0 Å². The summed E-state index contributed by atoms with van der Waals surface area (Å²) in [6, 6.07) is 13.4. The van der Waals surface area contributed by atoms with Gasteiger partial charge in [-0.05, 0) is 52.9 Å². The van der Waals surface area contributed by atoms with Gasteiger partial charge in [0, 0.05) is 9.13 Å². The molecule has 3 rings (SSSR count). The number of benzene rings is 2. The minimum atomic E-state index is -0.368. The van der Waals surface area contributed by atoms with Crippen molar-refractivity contribution in [3.05, 3.63) is 64.3 Å². The van der Waals surface area contributed by atoms with Crippen molar-refractivity contribution in [1.82, 2.24) is 9.97 Å². The number of aromatic amines is 1. The van der Waals surface area contributed by atoms with E-state index >= 15 is 0 Å². The number of ether oxygens (including phenoxy) is 1. The molecule has 0 spiro atoms. The molecule has 0 radical (unpaired) electrons. The zero-order valence-corrected chi connectivity index (χ0v) is 13.8. The van der Waals surface area contributed by atoms with Crippen LogP contribution >= 0.6 is 22.6 Å².